The van der Waals surface area contributed by atoms with Gasteiger partial charge in [-0.25, -0.2) is 4.79 Å². The molecule has 0 radical (unpaired) electrons. The highest BCUT2D eigenvalue weighted by Gasteiger charge is 2.51. The Hall–Kier alpha value is -2.56. The monoisotopic (exact) mass is 393 g/mol. The van der Waals surface area contributed by atoms with Crippen LogP contribution in [-0.4, -0.2) is 31.1 Å². The second kappa shape index (κ2) is 7.05. The van der Waals surface area contributed by atoms with Crippen LogP contribution in [0, 0.1) is 17.8 Å². The summed E-state index contributed by atoms with van der Waals surface area (Å²) < 4.78 is 10.7. The highest BCUT2D eigenvalue weighted by Crippen LogP contribution is 2.55. The summed E-state index contributed by atoms with van der Waals surface area (Å²) in [5.74, 6) is 1.99. The van der Waals surface area contributed by atoms with Crippen LogP contribution in [0.5, 0.6) is 5.75 Å². The van der Waals surface area contributed by atoms with Gasteiger partial charge in [0.2, 0.25) is 0 Å². The summed E-state index contributed by atoms with van der Waals surface area (Å²) in [6.07, 6.45) is 7.22. The van der Waals surface area contributed by atoms with Gasteiger partial charge in [-0.2, -0.15) is 0 Å². The van der Waals surface area contributed by atoms with E-state index >= 15 is 0 Å². The van der Waals surface area contributed by atoms with Crippen LogP contribution in [0.2, 0.25) is 0 Å². The molecule has 0 aliphatic heterocycles. The van der Waals surface area contributed by atoms with Crippen molar-refractivity contribution in [3.63, 3.8) is 0 Å². The van der Waals surface area contributed by atoms with Crippen molar-refractivity contribution in [2.75, 3.05) is 13.7 Å². The molecule has 0 atom stereocenters. The summed E-state index contributed by atoms with van der Waals surface area (Å²) in [7, 11) is 1.53. The van der Waals surface area contributed by atoms with Gasteiger partial charge in [-0.05, 0) is 79.2 Å². The molecule has 5 heteroatoms. The van der Waals surface area contributed by atoms with Crippen molar-refractivity contribution in [2.24, 2.45) is 17.8 Å². The topological polar surface area (TPSA) is 64.6 Å². The SMILES string of the molecule is COc1cc2ccccc2cc1C(=O)OCC(=O)NC12CC3CC(CC(C3)C1)C2. The first-order chi connectivity index (χ1) is 14.0. The van der Waals surface area contributed by atoms with Crippen LogP contribution in [0.25, 0.3) is 10.8 Å². The number of carbonyl (C=O) groups is 2. The highest BCUT2D eigenvalue weighted by atomic mass is 16.5. The molecular weight excluding hydrogens is 366 g/mol. The Morgan fingerprint density at radius 3 is 2.17 bits per heavy atom. The Morgan fingerprint density at radius 2 is 1.59 bits per heavy atom. The van der Waals surface area contributed by atoms with Crippen LogP contribution in [0.1, 0.15) is 48.9 Å². The van der Waals surface area contributed by atoms with E-state index in [1.54, 1.807) is 6.07 Å². The summed E-state index contributed by atoms with van der Waals surface area (Å²) in [6, 6.07) is 11.3. The fourth-order valence-corrected chi connectivity index (χ4v) is 6.35. The van der Waals surface area contributed by atoms with Crippen molar-refractivity contribution in [1.82, 2.24) is 5.32 Å². The number of esters is 1. The van der Waals surface area contributed by atoms with Gasteiger partial charge in [0.15, 0.2) is 6.61 Å². The van der Waals surface area contributed by atoms with Crippen molar-refractivity contribution in [2.45, 2.75) is 44.1 Å². The van der Waals surface area contributed by atoms with Crippen LogP contribution in [0.4, 0.5) is 0 Å². The van der Waals surface area contributed by atoms with Crippen molar-refractivity contribution in [1.29, 1.82) is 0 Å². The zero-order valence-corrected chi connectivity index (χ0v) is 16.8. The summed E-state index contributed by atoms with van der Waals surface area (Å²) in [5.41, 5.74) is 0.271. The Morgan fingerprint density at radius 1 is 1.00 bits per heavy atom. The summed E-state index contributed by atoms with van der Waals surface area (Å²) >= 11 is 0. The lowest BCUT2D eigenvalue weighted by molar-refractivity contribution is -0.130. The third kappa shape index (κ3) is 3.47. The molecule has 0 unspecified atom stereocenters. The fraction of sp³-hybridized carbons (Fsp3) is 0.500. The van der Waals surface area contributed by atoms with Gasteiger partial charge in [0.25, 0.3) is 5.91 Å². The smallest absolute Gasteiger partial charge is 0.342 e. The zero-order valence-electron chi connectivity index (χ0n) is 16.8. The van der Waals surface area contributed by atoms with Gasteiger partial charge in [-0.1, -0.05) is 24.3 Å². The molecule has 6 rings (SSSR count). The van der Waals surface area contributed by atoms with Crippen LogP contribution < -0.4 is 10.1 Å². The molecule has 4 aliphatic rings. The van der Waals surface area contributed by atoms with E-state index in [-0.39, 0.29) is 18.1 Å². The second-order valence-corrected chi connectivity index (χ2v) is 9.22. The molecule has 4 aliphatic carbocycles. The molecule has 0 spiro atoms. The van der Waals surface area contributed by atoms with Gasteiger partial charge >= 0.3 is 5.97 Å². The predicted octanol–water partition coefficient (Wildman–Crippen LogP) is 4.09. The maximum atomic E-state index is 12.7. The molecule has 0 saturated heterocycles. The molecule has 152 valence electrons. The number of carbonyl (C=O) groups excluding carboxylic acids is 2. The number of rotatable bonds is 5. The Kier molecular flexibility index (Phi) is 4.49. The van der Waals surface area contributed by atoms with Crippen LogP contribution in [0.15, 0.2) is 36.4 Å². The van der Waals surface area contributed by atoms with Crippen LogP contribution in [-0.2, 0) is 9.53 Å². The van der Waals surface area contributed by atoms with E-state index in [2.05, 4.69) is 5.32 Å². The van der Waals surface area contributed by atoms with Gasteiger partial charge in [0.05, 0.1) is 7.11 Å². The number of hydrogen-bond acceptors (Lipinski definition) is 4. The average molecular weight is 393 g/mol. The fourth-order valence-electron chi connectivity index (χ4n) is 6.35. The third-order valence-electron chi connectivity index (χ3n) is 7.06. The van der Waals surface area contributed by atoms with Gasteiger partial charge in [0, 0.05) is 5.54 Å². The number of fused-ring (bicyclic) bond motifs is 1. The lowest BCUT2D eigenvalue weighted by atomic mass is 9.53. The largest absolute Gasteiger partial charge is 0.496 e. The Bertz CT molecular complexity index is 931. The molecular formula is C24H27NO4. The number of benzene rings is 2. The van der Waals surface area contributed by atoms with Crippen LogP contribution in [0.3, 0.4) is 0 Å². The first kappa shape index (κ1) is 18.5. The molecule has 2 aromatic carbocycles. The summed E-state index contributed by atoms with van der Waals surface area (Å²) in [6.45, 7) is -0.253. The van der Waals surface area contributed by atoms with E-state index in [9.17, 15) is 9.59 Å². The van der Waals surface area contributed by atoms with E-state index < -0.39 is 5.97 Å². The van der Waals surface area contributed by atoms with E-state index in [4.69, 9.17) is 9.47 Å². The standard InChI is InChI=1S/C24H27NO4/c1-28-21-10-19-5-3-2-4-18(19)9-20(21)23(27)29-14-22(26)25-24-11-15-6-16(12-24)8-17(7-15)13-24/h2-5,9-10,15-17H,6-8,11-14H2,1H3,(H,25,26). The van der Waals surface area contributed by atoms with Gasteiger partial charge in [-0.15, -0.1) is 0 Å². The van der Waals surface area contributed by atoms with Gasteiger partial charge < -0.3 is 14.8 Å². The normalized spacial score (nSPS) is 29.6. The van der Waals surface area contributed by atoms with Crippen molar-refractivity contribution in [3.8, 4) is 5.75 Å². The number of methoxy groups -OCH3 is 1. The predicted molar refractivity (Wildman–Crippen MR) is 110 cm³/mol. The minimum Gasteiger partial charge on any atom is -0.496 e. The van der Waals surface area contributed by atoms with E-state index in [0.717, 1.165) is 47.8 Å². The van der Waals surface area contributed by atoms with E-state index in [1.807, 2.05) is 30.3 Å². The maximum Gasteiger partial charge on any atom is 0.342 e. The molecule has 0 aromatic heterocycles. The van der Waals surface area contributed by atoms with E-state index in [0.29, 0.717) is 11.3 Å². The van der Waals surface area contributed by atoms with Crippen molar-refractivity contribution in [3.05, 3.63) is 42.0 Å². The third-order valence-corrected chi connectivity index (χ3v) is 7.06. The number of ether oxygens (including phenoxy) is 2. The lowest BCUT2D eigenvalue weighted by Gasteiger charge is -2.56. The maximum absolute atomic E-state index is 12.7. The van der Waals surface area contributed by atoms with Crippen LogP contribution >= 0.6 is 0 Å². The van der Waals surface area contributed by atoms with Gasteiger partial charge in [-0.3, -0.25) is 4.79 Å². The van der Waals surface area contributed by atoms with Gasteiger partial charge in [0.1, 0.15) is 11.3 Å². The zero-order chi connectivity index (χ0) is 20.0. The molecule has 2 aromatic rings. The minimum absolute atomic E-state index is 0.0706. The van der Waals surface area contributed by atoms with E-state index in [1.165, 1.54) is 26.4 Å². The molecule has 4 saturated carbocycles. The van der Waals surface area contributed by atoms with Crippen molar-refractivity contribution < 1.29 is 19.1 Å². The number of amides is 1. The molecule has 1 amide bonds. The summed E-state index contributed by atoms with van der Waals surface area (Å²) in [5, 5.41) is 5.16. The first-order valence-electron chi connectivity index (χ1n) is 10.6. The number of hydrogen-bond donors (Lipinski definition) is 1. The second-order valence-electron chi connectivity index (χ2n) is 9.22. The molecule has 4 fully saturated rings. The Labute approximate surface area is 170 Å². The summed E-state index contributed by atoms with van der Waals surface area (Å²) in [4.78, 5) is 25.3. The lowest BCUT2D eigenvalue weighted by Crippen LogP contribution is -2.60. The molecule has 29 heavy (non-hydrogen) atoms. The number of nitrogens with one attached hydrogen (secondary N) is 1. The first-order valence-corrected chi connectivity index (χ1v) is 10.6. The van der Waals surface area contributed by atoms with Crippen molar-refractivity contribution >= 4 is 22.6 Å². The molecule has 5 nitrogen and oxygen atoms in total. The Balaban J connectivity index is 1.25. The minimum atomic E-state index is -0.534. The quantitative estimate of drug-likeness (QED) is 0.777. The molecule has 4 bridgehead atoms. The highest BCUT2D eigenvalue weighted by molar-refractivity contribution is 5.99. The average Bonchev–Trinajstić information content (AvgIpc) is 2.69. The molecule has 1 N–H and O–H groups in total. The molecule has 0 heterocycles.